The van der Waals surface area contributed by atoms with Gasteiger partial charge in [-0.15, -0.1) is 0 Å². The van der Waals surface area contributed by atoms with Crippen LogP contribution in [0.5, 0.6) is 0 Å². The molecule has 0 aromatic heterocycles. The number of aliphatic carboxylic acids is 1. The molecule has 116 valence electrons. The summed E-state index contributed by atoms with van der Waals surface area (Å²) in [6.45, 7) is 5.92. The zero-order valence-electron chi connectivity index (χ0n) is 13.2. The Morgan fingerprint density at radius 3 is 2.62 bits per heavy atom. The minimum atomic E-state index is -0.783. The normalized spacial score (nSPS) is 25.8. The predicted molar refractivity (Wildman–Crippen MR) is 82.0 cm³/mol. The molecular formula is C18H25FO2. The van der Waals surface area contributed by atoms with Gasteiger partial charge in [0.05, 0.1) is 5.92 Å². The van der Waals surface area contributed by atoms with Crippen molar-refractivity contribution in [2.45, 2.75) is 58.8 Å². The molecule has 3 atom stereocenters. The van der Waals surface area contributed by atoms with Crippen molar-refractivity contribution in [3.63, 3.8) is 0 Å². The van der Waals surface area contributed by atoms with Gasteiger partial charge in [0.15, 0.2) is 0 Å². The van der Waals surface area contributed by atoms with Crippen molar-refractivity contribution in [3.8, 4) is 0 Å². The van der Waals surface area contributed by atoms with Crippen LogP contribution in [0, 0.1) is 31.5 Å². The van der Waals surface area contributed by atoms with Crippen molar-refractivity contribution in [3.05, 3.63) is 34.6 Å². The van der Waals surface area contributed by atoms with Crippen molar-refractivity contribution in [1.82, 2.24) is 0 Å². The van der Waals surface area contributed by atoms with Gasteiger partial charge in [0, 0.05) is 5.92 Å². The summed E-state index contributed by atoms with van der Waals surface area (Å²) >= 11 is 0. The smallest absolute Gasteiger partial charge is 0.307 e. The predicted octanol–water partition coefficient (Wildman–Crippen LogP) is 4.83. The molecule has 0 saturated heterocycles. The third kappa shape index (κ3) is 3.45. The van der Waals surface area contributed by atoms with Crippen LogP contribution in [0.1, 0.15) is 61.6 Å². The van der Waals surface area contributed by atoms with E-state index in [9.17, 15) is 14.3 Å². The van der Waals surface area contributed by atoms with E-state index in [1.165, 1.54) is 6.07 Å². The fourth-order valence-corrected chi connectivity index (χ4v) is 3.94. The Kier molecular flexibility index (Phi) is 5.02. The second-order valence-electron chi connectivity index (χ2n) is 6.50. The van der Waals surface area contributed by atoms with Crippen molar-refractivity contribution >= 4 is 5.97 Å². The fourth-order valence-electron chi connectivity index (χ4n) is 3.94. The summed E-state index contributed by atoms with van der Waals surface area (Å²) in [6, 6.07) is 3.49. The van der Waals surface area contributed by atoms with E-state index in [1.54, 1.807) is 0 Å². The van der Waals surface area contributed by atoms with Crippen molar-refractivity contribution in [1.29, 1.82) is 0 Å². The van der Waals surface area contributed by atoms with E-state index in [0.717, 1.165) is 36.8 Å². The van der Waals surface area contributed by atoms with Crippen LogP contribution in [0.3, 0.4) is 0 Å². The number of hydrogen-bond donors (Lipinski definition) is 1. The van der Waals surface area contributed by atoms with E-state index >= 15 is 0 Å². The Morgan fingerprint density at radius 1 is 1.33 bits per heavy atom. The SMILES string of the molecule is CCCC1CCC(C(=O)O)C(c2c(C)cc(C)cc2F)C1. The van der Waals surface area contributed by atoms with E-state index in [2.05, 4.69) is 6.92 Å². The first-order chi connectivity index (χ1) is 9.93. The molecule has 0 amide bonds. The lowest BCUT2D eigenvalue weighted by Gasteiger charge is -2.35. The lowest BCUT2D eigenvalue weighted by Crippen LogP contribution is -2.30. The van der Waals surface area contributed by atoms with Gasteiger partial charge in [-0.05, 0) is 61.8 Å². The quantitative estimate of drug-likeness (QED) is 0.863. The Morgan fingerprint density at radius 2 is 2.05 bits per heavy atom. The summed E-state index contributed by atoms with van der Waals surface area (Å²) in [7, 11) is 0. The molecule has 1 N–H and O–H groups in total. The number of rotatable bonds is 4. The highest BCUT2D eigenvalue weighted by atomic mass is 19.1. The van der Waals surface area contributed by atoms with Gasteiger partial charge < -0.3 is 5.11 Å². The van der Waals surface area contributed by atoms with E-state index in [-0.39, 0.29) is 11.7 Å². The van der Waals surface area contributed by atoms with Gasteiger partial charge in [-0.2, -0.15) is 0 Å². The van der Waals surface area contributed by atoms with E-state index < -0.39 is 11.9 Å². The molecular weight excluding hydrogens is 267 g/mol. The first-order valence-electron chi connectivity index (χ1n) is 7.93. The summed E-state index contributed by atoms with van der Waals surface area (Å²) in [4.78, 5) is 11.6. The summed E-state index contributed by atoms with van der Waals surface area (Å²) in [5.41, 5.74) is 2.41. The highest BCUT2D eigenvalue weighted by Crippen LogP contribution is 2.44. The molecule has 1 aromatic carbocycles. The number of aryl methyl sites for hydroxylation is 2. The first-order valence-corrected chi connectivity index (χ1v) is 7.93. The van der Waals surface area contributed by atoms with Crippen LogP contribution in [0.15, 0.2) is 12.1 Å². The van der Waals surface area contributed by atoms with Gasteiger partial charge in [-0.1, -0.05) is 25.8 Å². The summed E-state index contributed by atoms with van der Waals surface area (Å²) in [6.07, 6.45) is 4.62. The average Bonchev–Trinajstić information content (AvgIpc) is 2.37. The van der Waals surface area contributed by atoms with E-state index in [0.29, 0.717) is 17.9 Å². The number of carbonyl (C=O) groups is 1. The minimum absolute atomic E-state index is 0.187. The molecule has 0 bridgehead atoms. The van der Waals surface area contributed by atoms with Gasteiger partial charge in [0.1, 0.15) is 5.82 Å². The Bertz CT molecular complexity index is 501. The van der Waals surface area contributed by atoms with Crippen LogP contribution in [0.2, 0.25) is 0 Å². The van der Waals surface area contributed by atoms with E-state index in [1.807, 2.05) is 19.9 Å². The second-order valence-corrected chi connectivity index (χ2v) is 6.50. The zero-order valence-corrected chi connectivity index (χ0v) is 13.2. The van der Waals surface area contributed by atoms with Crippen LogP contribution in [-0.2, 0) is 4.79 Å². The number of carboxylic acids is 1. The Hall–Kier alpha value is -1.38. The molecule has 3 unspecified atom stereocenters. The zero-order chi connectivity index (χ0) is 15.6. The lowest BCUT2D eigenvalue weighted by atomic mass is 9.69. The number of halogens is 1. The molecule has 0 aliphatic heterocycles. The third-order valence-corrected chi connectivity index (χ3v) is 4.82. The number of carboxylic acid groups (broad SMARTS) is 1. The molecule has 3 heteroatoms. The summed E-state index contributed by atoms with van der Waals surface area (Å²) < 4.78 is 14.5. The van der Waals surface area contributed by atoms with Crippen molar-refractivity contribution < 1.29 is 14.3 Å². The molecule has 1 fully saturated rings. The summed E-state index contributed by atoms with van der Waals surface area (Å²) in [5, 5.41) is 9.50. The molecule has 2 nitrogen and oxygen atoms in total. The van der Waals surface area contributed by atoms with Gasteiger partial charge in [0.25, 0.3) is 0 Å². The lowest BCUT2D eigenvalue weighted by molar-refractivity contribution is -0.144. The van der Waals surface area contributed by atoms with Crippen LogP contribution in [0.4, 0.5) is 4.39 Å². The highest BCUT2D eigenvalue weighted by Gasteiger charge is 2.37. The highest BCUT2D eigenvalue weighted by molar-refractivity contribution is 5.71. The van der Waals surface area contributed by atoms with Crippen LogP contribution in [0.25, 0.3) is 0 Å². The summed E-state index contributed by atoms with van der Waals surface area (Å²) in [5.74, 6) is -1.13. The van der Waals surface area contributed by atoms with Crippen LogP contribution >= 0.6 is 0 Å². The molecule has 0 heterocycles. The third-order valence-electron chi connectivity index (χ3n) is 4.82. The maximum Gasteiger partial charge on any atom is 0.307 e. The molecule has 1 aromatic rings. The Labute approximate surface area is 126 Å². The van der Waals surface area contributed by atoms with Crippen LogP contribution < -0.4 is 0 Å². The van der Waals surface area contributed by atoms with Gasteiger partial charge >= 0.3 is 5.97 Å². The molecule has 21 heavy (non-hydrogen) atoms. The number of hydrogen-bond acceptors (Lipinski definition) is 1. The molecule has 0 radical (unpaired) electrons. The fraction of sp³-hybridized carbons (Fsp3) is 0.611. The minimum Gasteiger partial charge on any atom is -0.481 e. The maximum atomic E-state index is 14.5. The van der Waals surface area contributed by atoms with Crippen molar-refractivity contribution in [2.24, 2.45) is 11.8 Å². The topological polar surface area (TPSA) is 37.3 Å². The maximum absolute atomic E-state index is 14.5. The van der Waals surface area contributed by atoms with E-state index in [4.69, 9.17) is 0 Å². The Balaban J connectivity index is 2.38. The molecule has 1 saturated carbocycles. The molecule has 1 aliphatic carbocycles. The van der Waals surface area contributed by atoms with Crippen molar-refractivity contribution in [2.75, 3.05) is 0 Å². The number of benzene rings is 1. The monoisotopic (exact) mass is 292 g/mol. The largest absolute Gasteiger partial charge is 0.481 e. The van der Waals surface area contributed by atoms with Crippen LogP contribution in [-0.4, -0.2) is 11.1 Å². The first kappa shape index (κ1) is 16.0. The standard InChI is InChI=1S/C18H25FO2/c1-4-5-13-6-7-14(18(20)21)15(10-13)17-12(3)8-11(2)9-16(17)19/h8-9,13-15H,4-7,10H2,1-3H3,(H,20,21). The molecule has 0 spiro atoms. The average molecular weight is 292 g/mol. The second kappa shape index (κ2) is 6.59. The van der Waals surface area contributed by atoms with Gasteiger partial charge in [-0.3, -0.25) is 4.79 Å². The van der Waals surface area contributed by atoms with Gasteiger partial charge in [-0.25, -0.2) is 4.39 Å². The molecule has 2 rings (SSSR count). The van der Waals surface area contributed by atoms with Gasteiger partial charge in [0.2, 0.25) is 0 Å². The molecule has 1 aliphatic rings.